The summed E-state index contributed by atoms with van der Waals surface area (Å²) < 4.78 is 7.61. The van der Waals surface area contributed by atoms with E-state index in [2.05, 4.69) is 48.0 Å². The lowest BCUT2D eigenvalue weighted by Gasteiger charge is -2.26. The number of amides is 2. The minimum Gasteiger partial charge on any atom is -0.378 e. The zero-order valence-electron chi connectivity index (χ0n) is 20.1. The summed E-state index contributed by atoms with van der Waals surface area (Å²) in [5.74, 6) is -0.186. The molecule has 5 rings (SSSR count). The van der Waals surface area contributed by atoms with Crippen LogP contribution < -0.4 is 5.32 Å². The number of hydrogen-bond donors (Lipinski definition) is 1. The average molecular weight is 468 g/mol. The van der Waals surface area contributed by atoms with Crippen LogP contribution >= 0.6 is 0 Å². The molecule has 2 heterocycles. The van der Waals surface area contributed by atoms with Crippen molar-refractivity contribution in [3.05, 3.63) is 101 Å². The van der Waals surface area contributed by atoms with Crippen molar-refractivity contribution in [2.24, 2.45) is 0 Å². The summed E-state index contributed by atoms with van der Waals surface area (Å²) in [6, 6.07) is 23.3. The van der Waals surface area contributed by atoms with Crippen molar-refractivity contribution in [3.63, 3.8) is 0 Å². The van der Waals surface area contributed by atoms with Crippen LogP contribution in [0.2, 0.25) is 0 Å². The number of nitrogens with zero attached hydrogens (tertiary/aromatic N) is 2. The van der Waals surface area contributed by atoms with E-state index in [1.807, 2.05) is 24.3 Å². The molecular formula is C29H29N3O3. The molecule has 6 heteroatoms. The summed E-state index contributed by atoms with van der Waals surface area (Å²) in [6.07, 6.45) is 0. The third-order valence-corrected chi connectivity index (χ3v) is 6.77. The molecule has 1 fully saturated rings. The quantitative estimate of drug-likeness (QED) is 0.448. The third kappa shape index (κ3) is 4.70. The fraction of sp³-hybridized carbons (Fsp3) is 0.241. The van der Waals surface area contributed by atoms with E-state index in [4.69, 9.17) is 4.74 Å². The van der Waals surface area contributed by atoms with E-state index in [1.165, 1.54) is 16.8 Å². The second-order valence-corrected chi connectivity index (χ2v) is 8.95. The molecule has 6 nitrogen and oxygen atoms in total. The first-order valence-corrected chi connectivity index (χ1v) is 11.9. The average Bonchev–Trinajstić information content (AvgIpc) is 3.14. The fourth-order valence-corrected chi connectivity index (χ4v) is 4.61. The zero-order valence-corrected chi connectivity index (χ0v) is 20.1. The maximum Gasteiger partial charge on any atom is 0.255 e. The molecule has 178 valence electrons. The first kappa shape index (κ1) is 22.9. The number of ether oxygens (including phenoxy) is 1. The van der Waals surface area contributed by atoms with Crippen molar-refractivity contribution in [1.82, 2.24) is 9.47 Å². The van der Waals surface area contributed by atoms with Crippen molar-refractivity contribution in [3.8, 4) is 0 Å². The van der Waals surface area contributed by atoms with Crippen molar-refractivity contribution in [2.75, 3.05) is 31.6 Å². The molecule has 4 aromatic rings. The summed E-state index contributed by atoms with van der Waals surface area (Å²) in [5.41, 5.74) is 6.60. The van der Waals surface area contributed by atoms with Crippen molar-refractivity contribution in [2.45, 2.75) is 20.4 Å². The summed E-state index contributed by atoms with van der Waals surface area (Å²) in [4.78, 5) is 27.4. The highest BCUT2D eigenvalue weighted by Crippen LogP contribution is 2.27. The molecule has 0 bridgehead atoms. The van der Waals surface area contributed by atoms with Crippen molar-refractivity contribution < 1.29 is 14.3 Å². The number of hydrogen-bond acceptors (Lipinski definition) is 3. The number of carbonyl (C=O) groups excluding carboxylic acids is 2. The summed E-state index contributed by atoms with van der Waals surface area (Å²) in [6.45, 7) is 7.36. The van der Waals surface area contributed by atoms with Crippen LogP contribution in [-0.2, 0) is 11.3 Å². The molecule has 1 aromatic heterocycles. The van der Waals surface area contributed by atoms with E-state index in [0.29, 0.717) is 43.1 Å². The molecule has 0 spiro atoms. The summed E-state index contributed by atoms with van der Waals surface area (Å²) in [5, 5.41) is 4.04. The highest BCUT2D eigenvalue weighted by atomic mass is 16.5. The Bertz CT molecular complexity index is 1370. The van der Waals surface area contributed by atoms with E-state index in [1.54, 1.807) is 29.2 Å². The Labute approximate surface area is 205 Å². The SMILES string of the molecule is Cc1c(C)n(Cc2ccccc2)c2ccc(C(=O)Nc3ccc(C(=O)N4CCOCC4)cc3)cc12. The van der Waals surface area contributed by atoms with Crippen LogP contribution in [0.5, 0.6) is 0 Å². The minimum atomic E-state index is -0.174. The summed E-state index contributed by atoms with van der Waals surface area (Å²) in [7, 11) is 0. The molecule has 0 saturated carbocycles. The van der Waals surface area contributed by atoms with E-state index < -0.39 is 0 Å². The normalized spacial score (nSPS) is 13.7. The molecule has 0 aliphatic carbocycles. The number of carbonyl (C=O) groups is 2. The molecule has 1 N–H and O–H groups in total. The van der Waals surface area contributed by atoms with Gasteiger partial charge < -0.3 is 19.5 Å². The molecule has 0 radical (unpaired) electrons. The number of rotatable bonds is 5. The van der Waals surface area contributed by atoms with Gasteiger partial charge in [0.1, 0.15) is 0 Å². The van der Waals surface area contributed by atoms with Crippen molar-refractivity contribution in [1.29, 1.82) is 0 Å². The molecule has 1 aliphatic rings. The summed E-state index contributed by atoms with van der Waals surface area (Å²) >= 11 is 0. The van der Waals surface area contributed by atoms with Gasteiger partial charge in [-0.1, -0.05) is 30.3 Å². The van der Waals surface area contributed by atoms with Crippen LogP contribution in [0.25, 0.3) is 10.9 Å². The first-order chi connectivity index (χ1) is 17.0. The van der Waals surface area contributed by atoms with Gasteiger partial charge in [-0.3, -0.25) is 9.59 Å². The molecular weight excluding hydrogens is 438 g/mol. The minimum absolute atomic E-state index is 0.0116. The second-order valence-electron chi connectivity index (χ2n) is 8.95. The van der Waals surface area contributed by atoms with Gasteiger partial charge in [0.25, 0.3) is 11.8 Å². The zero-order chi connectivity index (χ0) is 24.4. The monoisotopic (exact) mass is 467 g/mol. The predicted octanol–water partition coefficient (Wildman–Crippen LogP) is 5.03. The molecule has 1 aliphatic heterocycles. The lowest BCUT2D eigenvalue weighted by atomic mass is 10.1. The highest BCUT2D eigenvalue weighted by Gasteiger charge is 2.19. The Hall–Kier alpha value is -3.90. The van der Waals surface area contributed by atoms with Gasteiger partial charge in [0, 0.05) is 53.0 Å². The van der Waals surface area contributed by atoms with Crippen molar-refractivity contribution >= 4 is 28.4 Å². The Kier molecular flexibility index (Phi) is 6.38. The number of anilines is 1. The van der Waals surface area contributed by atoms with Crippen LogP contribution in [0.3, 0.4) is 0 Å². The molecule has 35 heavy (non-hydrogen) atoms. The van der Waals surface area contributed by atoms with Gasteiger partial charge in [-0.05, 0) is 67.4 Å². The van der Waals surface area contributed by atoms with Gasteiger partial charge in [-0.15, -0.1) is 0 Å². The Morgan fingerprint density at radius 3 is 2.29 bits per heavy atom. The van der Waals surface area contributed by atoms with Crippen LogP contribution in [0.4, 0.5) is 5.69 Å². The Balaban J connectivity index is 1.32. The smallest absolute Gasteiger partial charge is 0.255 e. The molecule has 2 amide bonds. The standard InChI is InChI=1S/C29H29N3O3/c1-20-21(2)32(19-22-6-4-3-5-7-22)27-13-10-24(18-26(20)27)28(33)30-25-11-8-23(9-12-25)29(34)31-14-16-35-17-15-31/h3-13,18H,14-17,19H2,1-2H3,(H,30,33). The Morgan fingerprint density at radius 1 is 0.886 bits per heavy atom. The number of morpholine rings is 1. The maximum atomic E-state index is 13.0. The van der Waals surface area contributed by atoms with Gasteiger partial charge in [0.15, 0.2) is 0 Å². The maximum absolute atomic E-state index is 13.0. The lowest BCUT2D eigenvalue weighted by Crippen LogP contribution is -2.40. The molecule has 3 aromatic carbocycles. The largest absolute Gasteiger partial charge is 0.378 e. The van der Waals surface area contributed by atoms with Crippen LogP contribution in [0.1, 0.15) is 37.5 Å². The van der Waals surface area contributed by atoms with E-state index in [-0.39, 0.29) is 11.8 Å². The van der Waals surface area contributed by atoms with E-state index in [9.17, 15) is 9.59 Å². The van der Waals surface area contributed by atoms with Crippen LogP contribution in [-0.4, -0.2) is 47.6 Å². The van der Waals surface area contributed by atoms with E-state index in [0.717, 1.165) is 17.4 Å². The predicted molar refractivity (Wildman–Crippen MR) is 138 cm³/mol. The molecule has 0 atom stereocenters. The lowest BCUT2D eigenvalue weighted by molar-refractivity contribution is 0.0303. The van der Waals surface area contributed by atoms with Crippen LogP contribution in [0, 0.1) is 13.8 Å². The third-order valence-electron chi connectivity index (χ3n) is 6.77. The fourth-order valence-electron chi connectivity index (χ4n) is 4.61. The van der Waals surface area contributed by atoms with Gasteiger partial charge in [0.05, 0.1) is 13.2 Å². The second kappa shape index (κ2) is 9.76. The molecule has 0 unspecified atom stereocenters. The number of fused-ring (bicyclic) bond motifs is 1. The number of nitrogens with one attached hydrogen (secondary N) is 1. The van der Waals surface area contributed by atoms with Gasteiger partial charge in [0.2, 0.25) is 0 Å². The Morgan fingerprint density at radius 2 is 1.57 bits per heavy atom. The van der Waals surface area contributed by atoms with Gasteiger partial charge in [-0.25, -0.2) is 0 Å². The molecule has 1 saturated heterocycles. The highest BCUT2D eigenvalue weighted by molar-refractivity contribution is 6.07. The van der Waals surface area contributed by atoms with Gasteiger partial charge in [-0.2, -0.15) is 0 Å². The number of aromatic nitrogens is 1. The van der Waals surface area contributed by atoms with Gasteiger partial charge >= 0.3 is 0 Å². The topological polar surface area (TPSA) is 63.6 Å². The van der Waals surface area contributed by atoms with Crippen LogP contribution in [0.15, 0.2) is 72.8 Å². The first-order valence-electron chi connectivity index (χ1n) is 11.9. The number of aryl methyl sites for hydroxylation is 1. The number of benzene rings is 3. The van der Waals surface area contributed by atoms with E-state index >= 15 is 0 Å².